The highest BCUT2D eigenvalue weighted by atomic mass is 35.5. The van der Waals surface area contributed by atoms with Crippen LogP contribution in [0.3, 0.4) is 0 Å². The van der Waals surface area contributed by atoms with E-state index in [1.807, 2.05) is 0 Å². The van der Waals surface area contributed by atoms with Gasteiger partial charge in [0.15, 0.2) is 0 Å². The van der Waals surface area contributed by atoms with E-state index in [4.69, 9.17) is 11.6 Å². The van der Waals surface area contributed by atoms with E-state index in [1.54, 1.807) is 30.3 Å². The fourth-order valence-corrected chi connectivity index (χ4v) is 3.26. The minimum atomic E-state index is -0.451. The molecule has 136 valence electrons. The second-order valence-corrected chi connectivity index (χ2v) is 6.68. The Morgan fingerprint density at radius 2 is 1.62 bits per heavy atom. The van der Waals surface area contributed by atoms with Crippen LogP contribution in [0.1, 0.15) is 38.5 Å². The summed E-state index contributed by atoms with van der Waals surface area (Å²) < 4.78 is 0. The van der Waals surface area contributed by atoms with Crippen LogP contribution >= 0.6 is 11.6 Å². The van der Waals surface area contributed by atoms with Gasteiger partial charge in [-0.25, -0.2) is 0 Å². The molecule has 2 aromatic rings. The van der Waals surface area contributed by atoms with Gasteiger partial charge in [0.1, 0.15) is 17.7 Å². The molecule has 0 bridgehead atoms. The third kappa shape index (κ3) is 4.38. The molecular formula is C19H21ClN4O2. The molecule has 4 rings (SSSR count). The molecule has 1 aliphatic heterocycles. The topological polar surface area (TPSA) is 79.9 Å². The largest absolute Gasteiger partial charge is 0.347 e. The number of hydrogen-bond acceptors (Lipinski definition) is 5. The smallest absolute Gasteiger partial charge is 0.295 e. The molecule has 6 nitrogen and oxygen atoms in total. The van der Waals surface area contributed by atoms with Gasteiger partial charge in [-0.1, -0.05) is 62.3 Å². The first-order chi connectivity index (χ1) is 12.7. The summed E-state index contributed by atoms with van der Waals surface area (Å²) in [7, 11) is 0. The Balaban J connectivity index is 0.000000278. The molecule has 1 saturated carbocycles. The molecule has 1 aliphatic carbocycles. The number of halogens is 1. The number of hydrogen-bond donors (Lipinski definition) is 1. The van der Waals surface area contributed by atoms with Crippen LogP contribution in [0.5, 0.6) is 0 Å². The highest BCUT2D eigenvalue weighted by Gasteiger charge is 2.19. The maximum Gasteiger partial charge on any atom is 0.295 e. The van der Waals surface area contributed by atoms with Crippen LogP contribution in [-0.4, -0.2) is 11.6 Å². The normalized spacial score (nSPS) is 15.0. The predicted octanol–water partition coefficient (Wildman–Crippen LogP) is 4.54. The van der Waals surface area contributed by atoms with Crippen molar-refractivity contribution in [1.29, 1.82) is 0 Å². The predicted molar refractivity (Wildman–Crippen MR) is 103 cm³/mol. The average molecular weight is 373 g/mol. The molecule has 0 unspecified atom stereocenters. The van der Waals surface area contributed by atoms with Crippen LogP contribution in [0.15, 0.2) is 46.4 Å². The van der Waals surface area contributed by atoms with Gasteiger partial charge in [0.2, 0.25) is 0 Å². The van der Waals surface area contributed by atoms with E-state index in [9.17, 15) is 10.1 Å². The summed E-state index contributed by atoms with van der Waals surface area (Å²) in [5, 5.41) is 15.8. The maximum absolute atomic E-state index is 11.2. The first-order valence-corrected chi connectivity index (χ1v) is 9.22. The van der Waals surface area contributed by atoms with E-state index >= 15 is 0 Å². The Hall–Kier alpha value is -2.47. The van der Waals surface area contributed by atoms with E-state index in [2.05, 4.69) is 15.3 Å². The molecule has 0 atom stereocenters. The van der Waals surface area contributed by atoms with E-state index in [-0.39, 0.29) is 12.4 Å². The molecule has 1 fully saturated rings. The Morgan fingerprint density at radius 3 is 2.23 bits per heavy atom. The molecule has 0 radical (unpaired) electrons. The number of benzene rings is 2. The first kappa shape index (κ1) is 18.3. The standard InChI is InChI=1S/C13H9ClN4O2.C6H12/c14-8-3-1-2-4-9(8)17-13-11(18(19)20)6-5-10-12(13)16-7-15-10;1-2-4-6-5-3-1/h1-6,17H,7H2;1-6H2. The minimum absolute atomic E-state index is 0.0514. The molecular weight excluding hydrogens is 352 g/mol. The van der Waals surface area contributed by atoms with Gasteiger partial charge in [0, 0.05) is 6.07 Å². The van der Waals surface area contributed by atoms with Crippen molar-refractivity contribution in [3.63, 3.8) is 0 Å². The summed E-state index contributed by atoms with van der Waals surface area (Å²) in [6, 6.07) is 10.1. The molecule has 1 N–H and O–H groups in total. The van der Waals surface area contributed by atoms with E-state index in [0.29, 0.717) is 27.1 Å². The van der Waals surface area contributed by atoms with Gasteiger partial charge in [0.25, 0.3) is 5.69 Å². The van der Waals surface area contributed by atoms with Gasteiger partial charge in [-0.2, -0.15) is 0 Å². The Kier molecular flexibility index (Phi) is 6.17. The maximum atomic E-state index is 11.2. The van der Waals surface area contributed by atoms with Crippen LogP contribution in [0.4, 0.5) is 17.1 Å². The van der Waals surface area contributed by atoms with Gasteiger partial charge < -0.3 is 5.32 Å². The lowest BCUT2D eigenvalue weighted by molar-refractivity contribution is -0.384. The van der Waals surface area contributed by atoms with Gasteiger partial charge in [-0.3, -0.25) is 20.1 Å². The number of nitrogens with one attached hydrogen (secondary N) is 1. The van der Waals surface area contributed by atoms with Crippen molar-refractivity contribution in [2.75, 3.05) is 12.0 Å². The second-order valence-electron chi connectivity index (χ2n) is 6.27. The summed E-state index contributed by atoms with van der Waals surface area (Å²) in [6.07, 6.45) is 9.00. The van der Waals surface area contributed by atoms with Gasteiger partial charge >= 0.3 is 0 Å². The highest BCUT2D eigenvalue weighted by molar-refractivity contribution is 6.33. The van der Waals surface area contributed by atoms with Crippen LogP contribution in [0, 0.1) is 10.1 Å². The number of para-hydroxylation sites is 1. The molecule has 0 amide bonds. The molecule has 1 heterocycles. The Labute approximate surface area is 156 Å². The van der Waals surface area contributed by atoms with E-state index in [0.717, 1.165) is 0 Å². The minimum Gasteiger partial charge on any atom is -0.347 e. The number of nitro benzene ring substituents is 1. The van der Waals surface area contributed by atoms with Crippen LogP contribution in [0.25, 0.3) is 0 Å². The molecule has 0 aromatic heterocycles. The van der Waals surface area contributed by atoms with E-state index in [1.165, 1.54) is 44.6 Å². The number of nitro groups is 1. The van der Waals surface area contributed by atoms with Gasteiger partial charge in [0.05, 0.1) is 21.0 Å². The molecule has 2 aromatic carbocycles. The quantitative estimate of drug-likeness (QED) is 0.634. The van der Waals surface area contributed by atoms with Crippen molar-refractivity contribution < 1.29 is 4.92 Å². The molecule has 0 spiro atoms. The zero-order chi connectivity index (χ0) is 18.4. The molecule has 26 heavy (non-hydrogen) atoms. The van der Waals surface area contributed by atoms with Crippen molar-refractivity contribution in [2.45, 2.75) is 38.5 Å². The SMILES string of the molecule is C1CCCCC1.O=[N+]([O-])c1ccc2c(c1Nc1ccccc1Cl)=NCN=2. The van der Waals surface area contributed by atoms with Crippen LogP contribution < -0.4 is 16.0 Å². The number of anilines is 2. The van der Waals surface area contributed by atoms with Crippen LogP contribution in [0.2, 0.25) is 5.02 Å². The summed E-state index contributed by atoms with van der Waals surface area (Å²) in [5.41, 5.74) is 0.860. The highest BCUT2D eigenvalue weighted by Crippen LogP contribution is 2.27. The number of nitrogens with zero attached hydrogens (tertiary/aromatic N) is 3. The number of fused-ring (bicyclic) bond motifs is 1. The van der Waals surface area contributed by atoms with Crippen molar-refractivity contribution in [2.24, 2.45) is 9.98 Å². The zero-order valence-corrected chi connectivity index (χ0v) is 15.2. The summed E-state index contributed by atoms with van der Waals surface area (Å²) >= 11 is 6.07. The van der Waals surface area contributed by atoms with Gasteiger partial charge in [-0.05, 0) is 18.2 Å². The van der Waals surface area contributed by atoms with Crippen LogP contribution in [-0.2, 0) is 0 Å². The molecule has 2 aliphatic rings. The summed E-state index contributed by atoms with van der Waals surface area (Å²) in [6.45, 7) is 0.285. The van der Waals surface area contributed by atoms with Crippen molar-refractivity contribution >= 4 is 28.7 Å². The van der Waals surface area contributed by atoms with Crippen molar-refractivity contribution in [3.05, 3.63) is 62.2 Å². The third-order valence-corrected chi connectivity index (χ3v) is 4.76. The molecule has 0 saturated heterocycles. The number of rotatable bonds is 3. The Morgan fingerprint density at radius 1 is 0.962 bits per heavy atom. The average Bonchev–Trinajstić information content (AvgIpc) is 3.15. The molecule has 7 heteroatoms. The monoisotopic (exact) mass is 372 g/mol. The summed E-state index contributed by atoms with van der Waals surface area (Å²) in [4.78, 5) is 19.1. The second kappa shape index (κ2) is 8.76. The first-order valence-electron chi connectivity index (χ1n) is 8.85. The lowest BCUT2D eigenvalue weighted by Gasteiger charge is -2.08. The summed E-state index contributed by atoms with van der Waals surface area (Å²) in [5.74, 6) is 0. The fraction of sp³-hybridized carbons (Fsp3) is 0.368. The lowest BCUT2D eigenvalue weighted by atomic mass is 10.0. The zero-order valence-electron chi connectivity index (χ0n) is 14.4. The van der Waals surface area contributed by atoms with E-state index < -0.39 is 4.92 Å². The van der Waals surface area contributed by atoms with Crippen molar-refractivity contribution in [1.82, 2.24) is 0 Å². The third-order valence-electron chi connectivity index (χ3n) is 4.43. The Bertz CT molecular complexity index is 899. The fourth-order valence-electron chi connectivity index (χ4n) is 3.07. The van der Waals surface area contributed by atoms with Gasteiger partial charge in [-0.15, -0.1) is 0 Å². The van der Waals surface area contributed by atoms with Crippen molar-refractivity contribution in [3.8, 4) is 0 Å². The lowest BCUT2D eigenvalue weighted by Crippen LogP contribution is -2.25.